The summed E-state index contributed by atoms with van der Waals surface area (Å²) in [6.07, 6.45) is 6.06. The minimum atomic E-state index is 0.656. The Morgan fingerprint density at radius 2 is 2.14 bits per heavy atom. The summed E-state index contributed by atoms with van der Waals surface area (Å²) in [5, 5.41) is 7.12. The van der Waals surface area contributed by atoms with Crippen LogP contribution in [0.2, 0.25) is 0 Å². The molecule has 0 saturated heterocycles. The minimum Gasteiger partial charge on any atom is -0.339 e. The Bertz CT molecular complexity index is 531. The fourth-order valence-electron chi connectivity index (χ4n) is 2.49. The lowest BCUT2D eigenvalue weighted by Crippen LogP contribution is -2.09. The number of hydrogen-bond donors (Lipinski definition) is 1. The van der Waals surface area contributed by atoms with Crippen LogP contribution >= 0.6 is 11.3 Å². The molecule has 5 nitrogen and oxygen atoms in total. The summed E-state index contributed by atoms with van der Waals surface area (Å²) in [4.78, 5) is 8.89. The highest BCUT2D eigenvalue weighted by Crippen LogP contribution is 2.18. The first-order chi connectivity index (χ1) is 10.2. The van der Waals surface area contributed by atoms with E-state index in [0.29, 0.717) is 12.3 Å². The highest BCUT2D eigenvalue weighted by molar-refractivity contribution is 7.09. The fourth-order valence-corrected chi connectivity index (χ4v) is 3.26. The summed E-state index contributed by atoms with van der Waals surface area (Å²) < 4.78 is 5.33. The van der Waals surface area contributed by atoms with Crippen molar-refractivity contribution in [2.75, 3.05) is 6.54 Å². The van der Waals surface area contributed by atoms with Gasteiger partial charge in [-0.15, -0.1) is 11.3 Å². The zero-order chi connectivity index (χ0) is 15.1. The molecular formula is C15H24N4OS. The van der Waals surface area contributed by atoms with Crippen molar-refractivity contribution in [1.29, 1.82) is 0 Å². The van der Waals surface area contributed by atoms with Crippen LogP contribution in [0.25, 0.3) is 0 Å². The third-order valence-corrected chi connectivity index (χ3v) is 4.49. The minimum absolute atomic E-state index is 0.656. The average molecular weight is 308 g/mol. The molecule has 0 aromatic carbocycles. The molecule has 6 heteroatoms. The molecule has 0 amide bonds. The Labute approximate surface area is 130 Å². The Morgan fingerprint density at radius 3 is 2.81 bits per heavy atom. The maximum Gasteiger partial charge on any atom is 0.226 e. The van der Waals surface area contributed by atoms with Crippen molar-refractivity contribution >= 4 is 11.3 Å². The van der Waals surface area contributed by atoms with Gasteiger partial charge in [0, 0.05) is 17.5 Å². The molecule has 0 aliphatic carbocycles. The van der Waals surface area contributed by atoms with Crippen LogP contribution in [0.3, 0.4) is 0 Å². The molecular weight excluding hydrogens is 284 g/mol. The molecule has 0 saturated carbocycles. The van der Waals surface area contributed by atoms with Crippen LogP contribution < -0.4 is 5.73 Å². The van der Waals surface area contributed by atoms with Crippen molar-refractivity contribution in [2.24, 2.45) is 11.7 Å². The first-order valence-electron chi connectivity index (χ1n) is 7.63. The van der Waals surface area contributed by atoms with E-state index in [0.717, 1.165) is 48.2 Å². The standard InChI is InChI=1S/C15H24N4OS/c1-3-4-12(7-8-16)5-6-14-18-13(19-20-14)9-15-17-11(2)10-21-15/h10,12H,3-9,16H2,1-2H3. The zero-order valence-corrected chi connectivity index (χ0v) is 13.7. The van der Waals surface area contributed by atoms with Crippen molar-refractivity contribution in [3.63, 3.8) is 0 Å². The first-order valence-corrected chi connectivity index (χ1v) is 8.51. The highest BCUT2D eigenvalue weighted by atomic mass is 32.1. The normalized spacial score (nSPS) is 12.7. The molecule has 2 heterocycles. The topological polar surface area (TPSA) is 77.8 Å². The second kappa shape index (κ2) is 8.24. The SMILES string of the molecule is CCCC(CCN)CCc1nc(Cc2nc(C)cs2)no1. The molecule has 0 radical (unpaired) electrons. The lowest BCUT2D eigenvalue weighted by Gasteiger charge is -2.13. The van der Waals surface area contributed by atoms with Gasteiger partial charge in [0.2, 0.25) is 5.89 Å². The summed E-state index contributed by atoms with van der Waals surface area (Å²) >= 11 is 1.64. The van der Waals surface area contributed by atoms with Crippen LogP contribution in [-0.2, 0) is 12.8 Å². The van der Waals surface area contributed by atoms with Crippen LogP contribution in [0.15, 0.2) is 9.90 Å². The summed E-state index contributed by atoms with van der Waals surface area (Å²) in [5.74, 6) is 2.12. The van der Waals surface area contributed by atoms with Gasteiger partial charge in [0.1, 0.15) is 5.01 Å². The molecule has 0 spiro atoms. The Balaban J connectivity index is 1.84. The smallest absolute Gasteiger partial charge is 0.226 e. The molecule has 1 unspecified atom stereocenters. The number of nitrogens with zero attached hydrogens (tertiary/aromatic N) is 3. The van der Waals surface area contributed by atoms with E-state index < -0.39 is 0 Å². The molecule has 116 valence electrons. The highest BCUT2D eigenvalue weighted by Gasteiger charge is 2.12. The molecule has 2 aromatic heterocycles. The molecule has 0 aliphatic heterocycles. The molecule has 2 aromatic rings. The number of rotatable bonds is 9. The van der Waals surface area contributed by atoms with Gasteiger partial charge in [0.25, 0.3) is 0 Å². The number of hydrogen-bond acceptors (Lipinski definition) is 6. The first kappa shape index (κ1) is 16.1. The maximum atomic E-state index is 5.66. The van der Waals surface area contributed by atoms with E-state index in [1.165, 1.54) is 12.8 Å². The van der Waals surface area contributed by atoms with Gasteiger partial charge in [0.05, 0.1) is 6.42 Å². The number of thiazole rings is 1. The predicted molar refractivity (Wildman–Crippen MR) is 84.3 cm³/mol. The van der Waals surface area contributed by atoms with Gasteiger partial charge in [-0.25, -0.2) is 4.98 Å². The summed E-state index contributed by atoms with van der Waals surface area (Å²) in [6.45, 7) is 4.96. The largest absolute Gasteiger partial charge is 0.339 e. The van der Waals surface area contributed by atoms with E-state index in [1.807, 2.05) is 12.3 Å². The molecule has 0 aliphatic rings. The van der Waals surface area contributed by atoms with Crippen LogP contribution in [0.1, 0.15) is 55.0 Å². The Kier molecular flexibility index (Phi) is 6.32. The second-order valence-electron chi connectivity index (χ2n) is 5.43. The predicted octanol–water partition coefficient (Wildman–Crippen LogP) is 3.12. The summed E-state index contributed by atoms with van der Waals surface area (Å²) in [5.41, 5.74) is 6.71. The van der Waals surface area contributed by atoms with Gasteiger partial charge >= 0.3 is 0 Å². The second-order valence-corrected chi connectivity index (χ2v) is 6.38. The van der Waals surface area contributed by atoms with Crippen LogP contribution in [-0.4, -0.2) is 21.7 Å². The van der Waals surface area contributed by atoms with Gasteiger partial charge in [-0.3, -0.25) is 0 Å². The lowest BCUT2D eigenvalue weighted by molar-refractivity contribution is 0.347. The molecule has 21 heavy (non-hydrogen) atoms. The Hall–Kier alpha value is -1.27. The Morgan fingerprint density at radius 1 is 1.29 bits per heavy atom. The number of aromatic nitrogens is 3. The molecule has 2 N–H and O–H groups in total. The summed E-state index contributed by atoms with van der Waals surface area (Å²) in [7, 11) is 0. The molecule has 0 fully saturated rings. The number of nitrogens with two attached hydrogens (primary N) is 1. The zero-order valence-electron chi connectivity index (χ0n) is 12.8. The van der Waals surface area contributed by atoms with Crippen LogP contribution in [0.5, 0.6) is 0 Å². The summed E-state index contributed by atoms with van der Waals surface area (Å²) in [6, 6.07) is 0. The van der Waals surface area contributed by atoms with Gasteiger partial charge in [0.15, 0.2) is 5.82 Å². The average Bonchev–Trinajstić information content (AvgIpc) is 3.06. The fraction of sp³-hybridized carbons (Fsp3) is 0.667. The molecule has 0 bridgehead atoms. The third-order valence-electron chi connectivity index (χ3n) is 3.52. The van der Waals surface area contributed by atoms with Crippen molar-refractivity contribution in [3.8, 4) is 0 Å². The van der Waals surface area contributed by atoms with Gasteiger partial charge in [-0.2, -0.15) is 4.98 Å². The van der Waals surface area contributed by atoms with Crippen molar-refractivity contribution in [3.05, 3.63) is 27.8 Å². The van der Waals surface area contributed by atoms with E-state index in [-0.39, 0.29) is 0 Å². The van der Waals surface area contributed by atoms with Gasteiger partial charge < -0.3 is 10.3 Å². The van der Waals surface area contributed by atoms with Crippen molar-refractivity contribution in [2.45, 2.75) is 52.4 Å². The number of aryl methyl sites for hydroxylation is 2. The lowest BCUT2D eigenvalue weighted by atomic mass is 9.94. The van der Waals surface area contributed by atoms with Gasteiger partial charge in [-0.05, 0) is 32.2 Å². The van der Waals surface area contributed by atoms with E-state index in [1.54, 1.807) is 11.3 Å². The van der Waals surface area contributed by atoms with E-state index in [2.05, 4.69) is 22.0 Å². The maximum absolute atomic E-state index is 5.66. The van der Waals surface area contributed by atoms with Gasteiger partial charge in [-0.1, -0.05) is 24.9 Å². The van der Waals surface area contributed by atoms with E-state index in [9.17, 15) is 0 Å². The van der Waals surface area contributed by atoms with Crippen molar-refractivity contribution in [1.82, 2.24) is 15.1 Å². The third kappa shape index (κ3) is 5.21. The quantitative estimate of drug-likeness (QED) is 0.770. The monoisotopic (exact) mass is 308 g/mol. The molecule has 2 rings (SSSR count). The van der Waals surface area contributed by atoms with E-state index >= 15 is 0 Å². The van der Waals surface area contributed by atoms with Crippen molar-refractivity contribution < 1.29 is 4.52 Å². The molecule has 1 atom stereocenters. The van der Waals surface area contributed by atoms with Crippen LogP contribution in [0.4, 0.5) is 0 Å². The van der Waals surface area contributed by atoms with E-state index in [4.69, 9.17) is 10.3 Å². The van der Waals surface area contributed by atoms with Crippen LogP contribution in [0, 0.1) is 12.8 Å².